The Balaban J connectivity index is 1.31. The van der Waals surface area contributed by atoms with Crippen molar-refractivity contribution in [2.24, 2.45) is 5.92 Å². The lowest BCUT2D eigenvalue weighted by Crippen LogP contribution is -2.79. The highest BCUT2D eigenvalue weighted by Crippen LogP contribution is 2.67. The highest BCUT2D eigenvalue weighted by molar-refractivity contribution is 6.21. The number of ether oxygens (including phenoxy) is 2. The Kier molecular flexibility index (Phi) is 4.38. The van der Waals surface area contributed by atoms with Crippen molar-refractivity contribution >= 4 is 17.8 Å². The van der Waals surface area contributed by atoms with Gasteiger partial charge in [-0.2, -0.15) is 0 Å². The monoisotopic (exact) mass is 514 g/mol. The molecule has 196 valence electrons. The zero-order chi connectivity index (χ0) is 26.0. The number of amides is 2. The van der Waals surface area contributed by atoms with Gasteiger partial charge in [-0.1, -0.05) is 18.2 Å². The summed E-state index contributed by atoms with van der Waals surface area (Å²) >= 11 is 0. The van der Waals surface area contributed by atoms with Gasteiger partial charge in [-0.3, -0.25) is 24.2 Å². The third-order valence-electron chi connectivity index (χ3n) is 10.2. The van der Waals surface area contributed by atoms with Gasteiger partial charge in [0.2, 0.25) is 0 Å². The van der Waals surface area contributed by atoms with Crippen LogP contribution in [0, 0.1) is 5.92 Å². The molecule has 2 amide bonds. The van der Waals surface area contributed by atoms with Gasteiger partial charge < -0.3 is 14.6 Å². The summed E-state index contributed by atoms with van der Waals surface area (Å²) in [6.07, 6.45) is 4.20. The number of aromatic hydroxyl groups is 1. The van der Waals surface area contributed by atoms with Gasteiger partial charge in [-0.25, -0.2) is 0 Å². The molecule has 38 heavy (non-hydrogen) atoms. The lowest BCUT2D eigenvalue weighted by Gasteiger charge is -2.65. The number of carbonyl (C=O) groups excluding carboxylic acids is 3. The van der Waals surface area contributed by atoms with Crippen molar-refractivity contribution in [2.45, 2.75) is 74.7 Å². The molecule has 8 rings (SSSR count). The van der Waals surface area contributed by atoms with Crippen LogP contribution in [-0.2, 0) is 21.4 Å². The average Bonchev–Trinajstić information content (AvgIpc) is 3.59. The van der Waals surface area contributed by atoms with Crippen LogP contribution in [-0.4, -0.2) is 69.6 Å². The lowest BCUT2D eigenvalue weighted by molar-refractivity contribution is -0.221. The second kappa shape index (κ2) is 7.38. The van der Waals surface area contributed by atoms with Crippen molar-refractivity contribution in [1.29, 1.82) is 0 Å². The fourth-order valence-electron chi connectivity index (χ4n) is 8.66. The standard InChI is InChI=1S/C30H30N2O6/c1-16(33)38-30-11-10-21(32-27(35)19-4-2-3-5-20(19)28(32)36)26-29(30)12-13-31(15-17-6-7-17)23(30)14-18-8-9-22(34)25(37-26)24(18)29/h2-5,8-9,17,21,23,26,34H,6-7,10-15H2,1H3/t21-,23+,26+,29+,30-/m1/s1. The predicted octanol–water partition coefficient (Wildman–Crippen LogP) is 3.19. The number of likely N-dealkylation sites (tertiary alicyclic amines) is 1. The van der Waals surface area contributed by atoms with Crippen LogP contribution >= 0.6 is 0 Å². The van der Waals surface area contributed by atoms with E-state index >= 15 is 0 Å². The fourth-order valence-corrected chi connectivity index (χ4v) is 8.66. The van der Waals surface area contributed by atoms with Gasteiger partial charge in [0.1, 0.15) is 11.7 Å². The first-order valence-corrected chi connectivity index (χ1v) is 13.8. The quantitative estimate of drug-likeness (QED) is 0.495. The molecule has 5 atom stereocenters. The van der Waals surface area contributed by atoms with Gasteiger partial charge in [0.05, 0.1) is 28.6 Å². The van der Waals surface area contributed by atoms with Crippen molar-refractivity contribution in [3.8, 4) is 11.5 Å². The van der Waals surface area contributed by atoms with Crippen LogP contribution in [0.3, 0.4) is 0 Å². The van der Waals surface area contributed by atoms with Crippen LogP contribution in [0.15, 0.2) is 36.4 Å². The third kappa shape index (κ3) is 2.62. The summed E-state index contributed by atoms with van der Waals surface area (Å²) in [5.41, 5.74) is 1.20. The summed E-state index contributed by atoms with van der Waals surface area (Å²) in [5.74, 6) is 0.188. The van der Waals surface area contributed by atoms with Crippen molar-refractivity contribution in [1.82, 2.24) is 9.80 Å². The number of carbonyl (C=O) groups is 3. The molecule has 3 aliphatic carbocycles. The number of imide groups is 1. The first-order chi connectivity index (χ1) is 18.4. The third-order valence-corrected chi connectivity index (χ3v) is 10.2. The van der Waals surface area contributed by atoms with Crippen molar-refractivity contribution < 1.29 is 29.0 Å². The highest BCUT2D eigenvalue weighted by Gasteiger charge is 2.76. The van der Waals surface area contributed by atoms with Crippen LogP contribution in [0.5, 0.6) is 11.5 Å². The summed E-state index contributed by atoms with van der Waals surface area (Å²) in [6.45, 7) is 3.26. The molecular formula is C30H30N2O6. The van der Waals surface area contributed by atoms with E-state index in [1.807, 2.05) is 6.07 Å². The Morgan fingerprint density at radius 2 is 1.82 bits per heavy atom. The first kappa shape index (κ1) is 22.6. The summed E-state index contributed by atoms with van der Waals surface area (Å²) in [5, 5.41) is 11.0. The van der Waals surface area contributed by atoms with Gasteiger partial charge in [-0.05, 0) is 74.8 Å². The van der Waals surface area contributed by atoms with Crippen LogP contribution < -0.4 is 4.74 Å². The van der Waals surface area contributed by atoms with Gasteiger partial charge in [0.15, 0.2) is 11.5 Å². The molecule has 1 N–H and O–H groups in total. The number of phenolic OH excluding ortho intramolecular Hbond substituents is 1. The largest absolute Gasteiger partial charge is 0.504 e. The highest BCUT2D eigenvalue weighted by atomic mass is 16.6. The Bertz CT molecular complexity index is 1400. The molecule has 3 fully saturated rings. The minimum atomic E-state index is -0.863. The second-order valence-electron chi connectivity index (χ2n) is 12.0. The van der Waals surface area contributed by atoms with E-state index in [0.29, 0.717) is 48.5 Å². The maximum atomic E-state index is 13.6. The minimum Gasteiger partial charge on any atom is -0.504 e. The van der Waals surface area contributed by atoms with E-state index in [-0.39, 0.29) is 29.6 Å². The summed E-state index contributed by atoms with van der Waals surface area (Å²) in [6, 6.07) is 10.0. The maximum absolute atomic E-state index is 13.6. The topological polar surface area (TPSA) is 96.4 Å². The van der Waals surface area contributed by atoms with Gasteiger partial charge in [-0.15, -0.1) is 0 Å². The zero-order valence-corrected chi connectivity index (χ0v) is 21.3. The number of rotatable bonds is 4. The van der Waals surface area contributed by atoms with Gasteiger partial charge in [0, 0.05) is 19.0 Å². The molecule has 6 aliphatic rings. The number of fused-ring (bicyclic) bond motifs is 1. The first-order valence-electron chi connectivity index (χ1n) is 13.8. The number of esters is 1. The maximum Gasteiger partial charge on any atom is 0.303 e. The van der Waals surface area contributed by atoms with Gasteiger partial charge >= 0.3 is 5.97 Å². The summed E-state index contributed by atoms with van der Waals surface area (Å²) in [4.78, 5) is 43.9. The number of phenols is 1. The molecule has 1 saturated heterocycles. The van der Waals surface area contributed by atoms with E-state index in [0.717, 1.165) is 24.2 Å². The number of hydrogen-bond acceptors (Lipinski definition) is 7. The van der Waals surface area contributed by atoms with E-state index in [1.54, 1.807) is 30.3 Å². The van der Waals surface area contributed by atoms with Crippen LogP contribution in [0.4, 0.5) is 0 Å². The summed E-state index contributed by atoms with van der Waals surface area (Å²) in [7, 11) is 0. The van der Waals surface area contributed by atoms with Crippen LogP contribution in [0.1, 0.15) is 70.9 Å². The van der Waals surface area contributed by atoms with Crippen molar-refractivity contribution in [3.63, 3.8) is 0 Å². The smallest absolute Gasteiger partial charge is 0.303 e. The predicted molar refractivity (Wildman–Crippen MR) is 135 cm³/mol. The molecule has 3 heterocycles. The second-order valence-corrected chi connectivity index (χ2v) is 12.0. The molecule has 3 aliphatic heterocycles. The van der Waals surface area contributed by atoms with Crippen LogP contribution in [0.25, 0.3) is 0 Å². The normalized spacial score (nSPS) is 34.6. The van der Waals surface area contributed by atoms with Crippen molar-refractivity contribution in [2.75, 3.05) is 13.1 Å². The molecule has 2 aromatic carbocycles. The molecule has 2 aromatic rings. The van der Waals surface area contributed by atoms with Gasteiger partial charge in [0.25, 0.3) is 11.8 Å². The van der Waals surface area contributed by atoms with Crippen LogP contribution in [0.2, 0.25) is 0 Å². The number of hydrogen-bond donors (Lipinski definition) is 1. The Morgan fingerprint density at radius 1 is 1.08 bits per heavy atom. The Morgan fingerprint density at radius 3 is 2.50 bits per heavy atom. The van der Waals surface area contributed by atoms with E-state index in [2.05, 4.69) is 4.90 Å². The number of nitrogens with zero attached hydrogens (tertiary/aromatic N) is 2. The molecule has 8 heteroatoms. The fraction of sp³-hybridized carbons (Fsp3) is 0.500. The number of benzene rings is 2. The SMILES string of the molecule is CC(=O)O[C@@]12CC[C@@H](N3C(=O)c4ccccc4C3=O)[C@@H]3Oc4c(O)ccc5c4[C@@]31CCN(CC1CC1)[C@H]2C5. The molecule has 2 saturated carbocycles. The molecule has 8 nitrogen and oxygen atoms in total. The van der Waals surface area contributed by atoms with E-state index in [1.165, 1.54) is 24.7 Å². The van der Waals surface area contributed by atoms with E-state index in [9.17, 15) is 19.5 Å². The molecule has 1 spiro atoms. The average molecular weight is 515 g/mol. The number of piperidine rings is 1. The summed E-state index contributed by atoms with van der Waals surface area (Å²) < 4.78 is 13.1. The Hall–Kier alpha value is -3.39. The molecular weight excluding hydrogens is 484 g/mol. The molecule has 0 radical (unpaired) electrons. The minimum absolute atomic E-state index is 0.0297. The molecule has 2 bridgehead atoms. The molecule has 0 aromatic heterocycles. The van der Waals surface area contributed by atoms with Crippen molar-refractivity contribution in [3.05, 3.63) is 58.7 Å². The molecule has 0 unspecified atom stereocenters. The lowest BCUT2D eigenvalue weighted by atomic mass is 9.48. The van der Waals surface area contributed by atoms with E-state index < -0.39 is 23.2 Å². The zero-order valence-electron chi connectivity index (χ0n) is 21.3. The van der Waals surface area contributed by atoms with E-state index in [4.69, 9.17) is 9.47 Å². The Labute approximate surface area is 220 Å².